The van der Waals surface area contributed by atoms with E-state index in [-0.39, 0.29) is 0 Å². The molecule has 1 rings (SSSR count). The minimum absolute atomic E-state index is 0.936. The maximum atomic E-state index is 5.21. The van der Waals surface area contributed by atoms with Gasteiger partial charge in [-0.2, -0.15) is 0 Å². The van der Waals surface area contributed by atoms with Crippen molar-refractivity contribution in [3.05, 3.63) is 11.6 Å². The summed E-state index contributed by atoms with van der Waals surface area (Å²) in [5.41, 5.74) is 1.59. The zero-order chi connectivity index (χ0) is 6.53. The Morgan fingerprint density at radius 2 is 2.11 bits per heavy atom. The van der Waals surface area contributed by atoms with Gasteiger partial charge in [-0.05, 0) is 19.3 Å². The van der Waals surface area contributed by atoms with Crippen LogP contribution in [0, 0.1) is 0 Å². The summed E-state index contributed by atoms with van der Waals surface area (Å²) in [5, 5.41) is 0. The van der Waals surface area contributed by atoms with Crippen LogP contribution in [0.3, 0.4) is 0 Å². The van der Waals surface area contributed by atoms with E-state index in [1.807, 2.05) is 0 Å². The van der Waals surface area contributed by atoms with E-state index in [0.29, 0.717) is 0 Å². The first kappa shape index (κ1) is 6.81. The van der Waals surface area contributed by atoms with Crippen LogP contribution in [-0.4, -0.2) is 13.2 Å². The molecule has 52 valence electrons. The first-order valence-electron chi connectivity index (χ1n) is 3.69. The molecule has 1 fully saturated rings. The smallest absolute Gasteiger partial charge is 0.0503 e. The van der Waals surface area contributed by atoms with Gasteiger partial charge < -0.3 is 4.74 Å². The quantitative estimate of drug-likeness (QED) is 0.489. The van der Waals surface area contributed by atoms with Crippen LogP contribution in [0.1, 0.15) is 26.2 Å². The van der Waals surface area contributed by atoms with Crippen molar-refractivity contribution < 1.29 is 4.74 Å². The lowest BCUT2D eigenvalue weighted by Crippen LogP contribution is -2.06. The molecule has 0 aromatic heterocycles. The number of hydrogen-bond donors (Lipinski definition) is 0. The maximum Gasteiger partial charge on any atom is 0.0503 e. The van der Waals surface area contributed by atoms with Gasteiger partial charge in [-0.25, -0.2) is 0 Å². The highest BCUT2D eigenvalue weighted by Gasteiger charge is 2.02. The van der Waals surface area contributed by atoms with Gasteiger partial charge in [0.1, 0.15) is 0 Å². The van der Waals surface area contributed by atoms with E-state index in [1.165, 1.54) is 6.42 Å². The number of allylic oxidation sites excluding steroid dienone is 1. The van der Waals surface area contributed by atoms with E-state index < -0.39 is 0 Å². The minimum Gasteiger partial charge on any atom is -0.381 e. The highest BCUT2D eigenvalue weighted by Crippen LogP contribution is 2.13. The molecule has 1 heteroatoms. The molecule has 1 saturated heterocycles. The third-order valence-electron chi connectivity index (χ3n) is 1.63. The summed E-state index contributed by atoms with van der Waals surface area (Å²) in [4.78, 5) is 0. The predicted molar refractivity (Wildman–Crippen MR) is 38.4 cm³/mol. The molecule has 1 nitrogen and oxygen atoms in total. The molecule has 0 unspecified atom stereocenters. The monoisotopic (exact) mass is 126 g/mol. The maximum absolute atomic E-state index is 5.21. The van der Waals surface area contributed by atoms with Gasteiger partial charge in [0.15, 0.2) is 0 Å². The highest BCUT2D eigenvalue weighted by molar-refractivity contribution is 5.02. The summed E-state index contributed by atoms with van der Waals surface area (Å²) in [7, 11) is 0. The molecule has 0 aromatic rings. The number of ether oxygens (including phenoxy) is 1. The highest BCUT2D eigenvalue weighted by atomic mass is 16.5. The molecule has 1 aliphatic rings. The van der Waals surface area contributed by atoms with Crippen LogP contribution >= 0.6 is 0 Å². The molecule has 9 heavy (non-hydrogen) atoms. The van der Waals surface area contributed by atoms with Crippen LogP contribution in [0.5, 0.6) is 0 Å². The Bertz CT molecular complexity index is 97.1. The van der Waals surface area contributed by atoms with E-state index in [2.05, 4.69) is 13.0 Å². The Kier molecular flexibility index (Phi) is 2.78. The Morgan fingerprint density at radius 3 is 2.67 bits per heavy atom. The van der Waals surface area contributed by atoms with E-state index >= 15 is 0 Å². The Hall–Kier alpha value is -0.300. The minimum atomic E-state index is 0.936. The first-order chi connectivity index (χ1) is 4.43. The fourth-order valence-electron chi connectivity index (χ4n) is 1.13. The fraction of sp³-hybridized carbons (Fsp3) is 0.750. The molecule has 0 saturated carbocycles. The van der Waals surface area contributed by atoms with Crippen molar-refractivity contribution in [1.82, 2.24) is 0 Å². The van der Waals surface area contributed by atoms with E-state index in [9.17, 15) is 0 Å². The molecule has 1 heterocycles. The largest absolute Gasteiger partial charge is 0.381 e. The zero-order valence-electron chi connectivity index (χ0n) is 6.02. The second kappa shape index (κ2) is 3.67. The molecule has 0 aromatic carbocycles. The molecule has 0 atom stereocenters. The lowest BCUT2D eigenvalue weighted by Gasteiger charge is -2.13. The van der Waals surface area contributed by atoms with E-state index in [4.69, 9.17) is 4.74 Å². The van der Waals surface area contributed by atoms with Crippen molar-refractivity contribution in [3.63, 3.8) is 0 Å². The molecule has 0 N–H and O–H groups in total. The molecule has 0 aliphatic carbocycles. The summed E-state index contributed by atoms with van der Waals surface area (Å²) in [6.45, 7) is 4.06. The standard InChI is InChI=1S/C8H14O/c1-2-3-8-4-6-9-7-5-8/h3H,2,4-7H2,1H3. The van der Waals surface area contributed by atoms with Gasteiger partial charge in [0.05, 0.1) is 13.2 Å². The topological polar surface area (TPSA) is 9.23 Å². The number of rotatable bonds is 1. The third kappa shape index (κ3) is 2.19. The molecule has 1 aliphatic heterocycles. The molecule has 0 amide bonds. The van der Waals surface area contributed by atoms with Crippen molar-refractivity contribution in [1.29, 1.82) is 0 Å². The second-order valence-corrected chi connectivity index (χ2v) is 2.38. The molecule has 0 bridgehead atoms. The summed E-state index contributed by atoms with van der Waals surface area (Å²) in [5.74, 6) is 0. The van der Waals surface area contributed by atoms with Crippen molar-refractivity contribution in [2.24, 2.45) is 0 Å². The van der Waals surface area contributed by atoms with Crippen LogP contribution in [-0.2, 0) is 4.74 Å². The van der Waals surface area contributed by atoms with Crippen molar-refractivity contribution in [2.45, 2.75) is 26.2 Å². The molecule has 0 spiro atoms. The summed E-state index contributed by atoms with van der Waals surface area (Å²) in [6.07, 6.45) is 5.82. The van der Waals surface area contributed by atoms with Gasteiger partial charge in [0.2, 0.25) is 0 Å². The third-order valence-corrected chi connectivity index (χ3v) is 1.63. The Labute approximate surface area is 56.7 Å². The lowest BCUT2D eigenvalue weighted by molar-refractivity contribution is 0.119. The van der Waals surface area contributed by atoms with Crippen molar-refractivity contribution in [2.75, 3.05) is 13.2 Å². The van der Waals surface area contributed by atoms with Crippen LogP contribution in [0.4, 0.5) is 0 Å². The average Bonchev–Trinajstić information content (AvgIpc) is 1.91. The van der Waals surface area contributed by atoms with Crippen LogP contribution < -0.4 is 0 Å². The molecular formula is C8H14O. The fourth-order valence-corrected chi connectivity index (χ4v) is 1.13. The SMILES string of the molecule is CCC=C1CCOCC1. The van der Waals surface area contributed by atoms with Crippen LogP contribution in [0.25, 0.3) is 0 Å². The summed E-state index contributed by atoms with van der Waals surface area (Å²) in [6, 6.07) is 0. The predicted octanol–water partition coefficient (Wildman–Crippen LogP) is 2.13. The zero-order valence-corrected chi connectivity index (χ0v) is 6.02. The van der Waals surface area contributed by atoms with Gasteiger partial charge in [-0.3, -0.25) is 0 Å². The van der Waals surface area contributed by atoms with Gasteiger partial charge in [0.25, 0.3) is 0 Å². The van der Waals surface area contributed by atoms with Gasteiger partial charge >= 0.3 is 0 Å². The molecule has 0 radical (unpaired) electrons. The van der Waals surface area contributed by atoms with Crippen molar-refractivity contribution >= 4 is 0 Å². The Morgan fingerprint density at radius 1 is 1.44 bits per heavy atom. The first-order valence-corrected chi connectivity index (χ1v) is 3.69. The van der Waals surface area contributed by atoms with Crippen LogP contribution in [0.15, 0.2) is 11.6 Å². The van der Waals surface area contributed by atoms with E-state index in [1.54, 1.807) is 5.57 Å². The van der Waals surface area contributed by atoms with Crippen molar-refractivity contribution in [3.8, 4) is 0 Å². The number of hydrogen-bond acceptors (Lipinski definition) is 1. The van der Waals surface area contributed by atoms with Gasteiger partial charge in [0, 0.05) is 0 Å². The summed E-state index contributed by atoms with van der Waals surface area (Å²) >= 11 is 0. The van der Waals surface area contributed by atoms with Crippen LogP contribution in [0.2, 0.25) is 0 Å². The second-order valence-electron chi connectivity index (χ2n) is 2.38. The Balaban J connectivity index is 2.30. The van der Waals surface area contributed by atoms with E-state index in [0.717, 1.165) is 26.1 Å². The normalized spacial score (nSPS) is 19.9. The average molecular weight is 126 g/mol. The van der Waals surface area contributed by atoms with Gasteiger partial charge in [-0.15, -0.1) is 0 Å². The molecular weight excluding hydrogens is 112 g/mol. The van der Waals surface area contributed by atoms with Gasteiger partial charge in [-0.1, -0.05) is 18.6 Å². The summed E-state index contributed by atoms with van der Waals surface area (Å²) < 4.78 is 5.21. The lowest BCUT2D eigenvalue weighted by atomic mass is 10.1.